The van der Waals surface area contributed by atoms with Crippen molar-refractivity contribution in [3.05, 3.63) is 59.2 Å². The Hall–Kier alpha value is -1.94. The number of nitrogens with one attached hydrogen (secondary N) is 2. The first kappa shape index (κ1) is 27.1. The molecule has 0 aliphatic rings. The van der Waals surface area contributed by atoms with E-state index in [0.29, 0.717) is 19.0 Å². The molecule has 0 fully saturated rings. The van der Waals surface area contributed by atoms with Gasteiger partial charge in [0, 0.05) is 25.5 Å². The minimum atomic E-state index is -0.000192. The summed E-state index contributed by atoms with van der Waals surface area (Å²) in [5.74, 6) is 1.48. The SMILES string of the molecule is COc1ccc(CCNC(=NCc2ccc(C)cc2SC)NCC(=O)N(C)C)cc1.I. The van der Waals surface area contributed by atoms with Gasteiger partial charge >= 0.3 is 0 Å². The van der Waals surface area contributed by atoms with Crippen LogP contribution in [-0.2, 0) is 17.8 Å². The summed E-state index contributed by atoms with van der Waals surface area (Å²) in [6, 6.07) is 14.4. The predicted octanol–water partition coefficient (Wildman–Crippen LogP) is 3.71. The molecule has 0 saturated carbocycles. The maximum Gasteiger partial charge on any atom is 0.241 e. The van der Waals surface area contributed by atoms with E-state index in [9.17, 15) is 4.79 Å². The second-order valence-electron chi connectivity index (χ2n) is 7.15. The first-order chi connectivity index (χ1) is 14.4. The molecule has 0 atom stereocenters. The summed E-state index contributed by atoms with van der Waals surface area (Å²) < 4.78 is 5.20. The van der Waals surface area contributed by atoms with E-state index in [1.807, 2.05) is 12.1 Å². The fraction of sp³-hybridized carbons (Fsp3) is 0.391. The highest BCUT2D eigenvalue weighted by Crippen LogP contribution is 2.22. The molecule has 2 aromatic rings. The van der Waals surface area contributed by atoms with Crippen molar-refractivity contribution >= 4 is 47.6 Å². The predicted molar refractivity (Wildman–Crippen MR) is 141 cm³/mol. The van der Waals surface area contributed by atoms with Crippen LogP contribution in [0.15, 0.2) is 52.4 Å². The maximum atomic E-state index is 12.0. The van der Waals surface area contributed by atoms with Crippen LogP contribution < -0.4 is 15.4 Å². The number of rotatable bonds is 9. The summed E-state index contributed by atoms with van der Waals surface area (Å²) in [6.07, 6.45) is 2.91. The number of hydrogen-bond acceptors (Lipinski definition) is 4. The molecule has 0 radical (unpaired) electrons. The number of guanidine groups is 1. The van der Waals surface area contributed by atoms with Gasteiger partial charge in [-0.3, -0.25) is 4.79 Å². The summed E-state index contributed by atoms with van der Waals surface area (Å²) in [5, 5.41) is 6.49. The third-order valence-electron chi connectivity index (χ3n) is 4.62. The van der Waals surface area contributed by atoms with E-state index >= 15 is 0 Å². The highest BCUT2D eigenvalue weighted by molar-refractivity contribution is 14.0. The molecule has 0 spiro atoms. The van der Waals surface area contributed by atoms with E-state index in [0.717, 1.165) is 12.2 Å². The second-order valence-corrected chi connectivity index (χ2v) is 7.99. The minimum Gasteiger partial charge on any atom is -0.497 e. The summed E-state index contributed by atoms with van der Waals surface area (Å²) in [6.45, 7) is 3.54. The second kappa shape index (κ2) is 14.2. The monoisotopic (exact) mass is 556 g/mol. The number of nitrogens with zero attached hydrogens (tertiary/aromatic N) is 2. The first-order valence-corrected chi connectivity index (χ1v) is 11.1. The van der Waals surface area contributed by atoms with E-state index in [1.54, 1.807) is 37.9 Å². The van der Waals surface area contributed by atoms with E-state index in [4.69, 9.17) is 9.73 Å². The molecular formula is C23H33IN4O2S. The van der Waals surface area contributed by atoms with Crippen LogP contribution in [0.2, 0.25) is 0 Å². The molecule has 1 amide bonds. The topological polar surface area (TPSA) is 66.0 Å². The van der Waals surface area contributed by atoms with Gasteiger partial charge in [-0.1, -0.05) is 24.3 Å². The van der Waals surface area contributed by atoms with E-state index < -0.39 is 0 Å². The van der Waals surface area contributed by atoms with Gasteiger partial charge < -0.3 is 20.3 Å². The highest BCUT2D eigenvalue weighted by Gasteiger charge is 2.07. The molecule has 0 saturated heterocycles. The standard InChI is InChI=1S/C23H32N4O2S.HI/c1-17-6-9-19(21(14-17)30-5)15-25-23(26-16-22(28)27(2)3)24-13-12-18-7-10-20(29-4)11-8-18;/h6-11,14H,12-13,15-16H2,1-5H3,(H2,24,25,26);1H. The molecule has 170 valence electrons. The first-order valence-electron chi connectivity index (χ1n) is 9.91. The third kappa shape index (κ3) is 9.39. The fourth-order valence-electron chi connectivity index (χ4n) is 2.76. The van der Waals surface area contributed by atoms with Gasteiger partial charge in [0.25, 0.3) is 0 Å². The van der Waals surface area contributed by atoms with Crippen LogP contribution in [-0.4, -0.2) is 57.3 Å². The van der Waals surface area contributed by atoms with Crippen molar-refractivity contribution in [2.45, 2.75) is 24.8 Å². The number of carbonyl (C=O) groups excluding carboxylic acids is 1. The van der Waals surface area contributed by atoms with Gasteiger partial charge in [0.05, 0.1) is 20.2 Å². The number of aryl methyl sites for hydroxylation is 1. The van der Waals surface area contributed by atoms with Crippen molar-refractivity contribution < 1.29 is 9.53 Å². The van der Waals surface area contributed by atoms with Crippen LogP contribution >= 0.6 is 35.7 Å². The van der Waals surface area contributed by atoms with Crippen LogP contribution in [0.3, 0.4) is 0 Å². The lowest BCUT2D eigenvalue weighted by Gasteiger charge is -2.15. The number of amides is 1. The number of hydrogen-bond donors (Lipinski definition) is 2. The Bertz CT molecular complexity index is 857. The van der Waals surface area contributed by atoms with Crippen LogP contribution in [0.25, 0.3) is 0 Å². The quantitative estimate of drug-likeness (QED) is 0.214. The van der Waals surface area contributed by atoms with Crippen LogP contribution in [0.1, 0.15) is 16.7 Å². The molecule has 31 heavy (non-hydrogen) atoms. The number of ether oxygens (including phenoxy) is 1. The van der Waals surface area contributed by atoms with E-state index in [2.05, 4.69) is 54.1 Å². The lowest BCUT2D eigenvalue weighted by molar-refractivity contribution is -0.127. The molecule has 2 aromatic carbocycles. The molecule has 0 aromatic heterocycles. The van der Waals surface area contributed by atoms with Crippen molar-refractivity contribution in [3.8, 4) is 5.75 Å². The number of methoxy groups -OCH3 is 1. The number of thioether (sulfide) groups is 1. The Morgan fingerprint density at radius 2 is 1.84 bits per heavy atom. The van der Waals surface area contributed by atoms with Gasteiger partial charge in [-0.25, -0.2) is 4.99 Å². The van der Waals surface area contributed by atoms with E-state index in [-0.39, 0.29) is 36.4 Å². The zero-order valence-corrected chi connectivity index (χ0v) is 22.0. The molecule has 0 aliphatic heterocycles. The van der Waals surface area contributed by atoms with Crippen LogP contribution in [0.5, 0.6) is 5.75 Å². The summed E-state index contributed by atoms with van der Waals surface area (Å²) >= 11 is 1.72. The number of benzene rings is 2. The maximum absolute atomic E-state index is 12.0. The lowest BCUT2D eigenvalue weighted by atomic mass is 10.1. The van der Waals surface area contributed by atoms with Gasteiger partial charge in [-0.05, 0) is 54.5 Å². The average molecular weight is 557 g/mol. The molecule has 6 nitrogen and oxygen atoms in total. The molecule has 0 bridgehead atoms. The average Bonchev–Trinajstić information content (AvgIpc) is 2.75. The summed E-state index contributed by atoms with van der Waals surface area (Å²) in [7, 11) is 5.15. The normalized spacial score (nSPS) is 10.8. The van der Waals surface area contributed by atoms with Crippen molar-refractivity contribution in [3.63, 3.8) is 0 Å². The van der Waals surface area contributed by atoms with Crippen LogP contribution in [0, 0.1) is 6.92 Å². The van der Waals surface area contributed by atoms with Gasteiger partial charge in [0.15, 0.2) is 5.96 Å². The molecule has 0 unspecified atom stereocenters. The van der Waals surface area contributed by atoms with Gasteiger partial charge in [-0.15, -0.1) is 35.7 Å². The van der Waals surface area contributed by atoms with Gasteiger partial charge in [0.1, 0.15) is 5.75 Å². The number of likely N-dealkylation sites (N-methyl/N-ethyl adjacent to an activating group) is 1. The highest BCUT2D eigenvalue weighted by atomic mass is 127. The minimum absolute atomic E-state index is 0. The molecule has 2 rings (SSSR count). The smallest absolute Gasteiger partial charge is 0.241 e. The van der Waals surface area contributed by atoms with Gasteiger partial charge in [-0.2, -0.15) is 0 Å². The zero-order chi connectivity index (χ0) is 21.9. The fourth-order valence-corrected chi connectivity index (χ4v) is 3.45. The van der Waals surface area contributed by atoms with Crippen molar-refractivity contribution in [2.75, 3.05) is 40.6 Å². The number of halogens is 1. The Morgan fingerprint density at radius 3 is 2.45 bits per heavy atom. The van der Waals surface area contributed by atoms with Gasteiger partial charge in [0.2, 0.25) is 5.91 Å². The molecule has 0 heterocycles. The summed E-state index contributed by atoms with van der Waals surface area (Å²) in [4.78, 5) is 19.5. The Morgan fingerprint density at radius 1 is 1.13 bits per heavy atom. The number of carbonyl (C=O) groups is 1. The van der Waals surface area contributed by atoms with Crippen molar-refractivity contribution in [1.29, 1.82) is 0 Å². The molecular weight excluding hydrogens is 523 g/mol. The lowest BCUT2D eigenvalue weighted by Crippen LogP contribution is -2.43. The Balaban J connectivity index is 0.00000480. The van der Waals surface area contributed by atoms with Crippen molar-refractivity contribution in [2.24, 2.45) is 4.99 Å². The largest absolute Gasteiger partial charge is 0.497 e. The molecule has 8 heteroatoms. The van der Waals surface area contributed by atoms with Crippen molar-refractivity contribution in [1.82, 2.24) is 15.5 Å². The van der Waals surface area contributed by atoms with E-state index in [1.165, 1.54) is 21.6 Å². The molecule has 0 aliphatic carbocycles. The number of aliphatic imine (C=N–C) groups is 1. The molecule has 2 N–H and O–H groups in total. The Labute approximate surface area is 207 Å². The Kier molecular flexibility index (Phi) is 12.4. The third-order valence-corrected chi connectivity index (χ3v) is 5.44. The van der Waals surface area contributed by atoms with Crippen LogP contribution in [0.4, 0.5) is 0 Å². The summed E-state index contributed by atoms with van der Waals surface area (Å²) in [5.41, 5.74) is 3.61. The zero-order valence-electron chi connectivity index (χ0n) is 18.9.